The van der Waals surface area contributed by atoms with Crippen LogP contribution < -0.4 is 0 Å². The molecular formula is C19H17F3N4O2S. The molecule has 10 heteroatoms. The monoisotopic (exact) mass is 422 g/mol. The van der Waals surface area contributed by atoms with Crippen LogP contribution in [0, 0.1) is 0 Å². The zero-order valence-electron chi connectivity index (χ0n) is 15.4. The molecule has 0 saturated carbocycles. The van der Waals surface area contributed by atoms with E-state index < -0.39 is 21.7 Å². The Morgan fingerprint density at radius 3 is 2.28 bits per heavy atom. The van der Waals surface area contributed by atoms with Crippen molar-refractivity contribution in [1.29, 1.82) is 0 Å². The second-order valence-corrected chi connectivity index (χ2v) is 9.02. The van der Waals surface area contributed by atoms with E-state index in [1.54, 1.807) is 6.07 Å². The summed E-state index contributed by atoms with van der Waals surface area (Å²) in [5, 5.41) is 3.65. The van der Waals surface area contributed by atoms with E-state index >= 15 is 0 Å². The standard InChI is InChI=1S/C19H17F3N4O2S/c1-29(27,28)15-10-23-18(24-11-15)26-16(9-17(25-26)19(20,21)22)14-7-6-12-4-2-3-5-13(12)8-14/h6-11H,2-5H2,1H3. The summed E-state index contributed by atoms with van der Waals surface area (Å²) < 4.78 is 64.1. The number of nitrogens with zero attached hydrogens (tertiary/aromatic N) is 4. The second-order valence-electron chi connectivity index (χ2n) is 7.01. The van der Waals surface area contributed by atoms with Crippen molar-refractivity contribution in [2.45, 2.75) is 36.8 Å². The maximum atomic E-state index is 13.3. The number of benzene rings is 1. The molecule has 0 fully saturated rings. The fraction of sp³-hybridized carbons (Fsp3) is 0.316. The van der Waals surface area contributed by atoms with Crippen LogP contribution in [0.3, 0.4) is 0 Å². The van der Waals surface area contributed by atoms with Gasteiger partial charge in [0.25, 0.3) is 5.95 Å². The average molecular weight is 422 g/mol. The molecule has 0 amide bonds. The molecule has 152 valence electrons. The lowest BCUT2D eigenvalue weighted by molar-refractivity contribution is -0.141. The number of aromatic nitrogens is 4. The van der Waals surface area contributed by atoms with Crippen LogP contribution in [0.4, 0.5) is 13.2 Å². The van der Waals surface area contributed by atoms with E-state index in [2.05, 4.69) is 15.1 Å². The van der Waals surface area contributed by atoms with E-state index in [1.807, 2.05) is 12.1 Å². The minimum absolute atomic E-state index is 0.125. The Kier molecular flexibility index (Phi) is 4.68. The number of hydrogen-bond donors (Lipinski definition) is 0. The number of halogens is 3. The number of rotatable bonds is 3. The maximum Gasteiger partial charge on any atom is 0.435 e. The van der Waals surface area contributed by atoms with E-state index in [0.717, 1.165) is 60.6 Å². The van der Waals surface area contributed by atoms with Crippen molar-refractivity contribution in [3.8, 4) is 17.2 Å². The van der Waals surface area contributed by atoms with Crippen molar-refractivity contribution in [2.24, 2.45) is 0 Å². The van der Waals surface area contributed by atoms with Crippen LogP contribution in [0.15, 0.2) is 41.6 Å². The normalized spacial score (nSPS) is 14.6. The van der Waals surface area contributed by atoms with Crippen molar-refractivity contribution >= 4 is 9.84 Å². The van der Waals surface area contributed by atoms with Crippen molar-refractivity contribution < 1.29 is 21.6 Å². The largest absolute Gasteiger partial charge is 0.435 e. The number of hydrogen-bond acceptors (Lipinski definition) is 5. The Hall–Kier alpha value is -2.75. The molecule has 0 unspecified atom stereocenters. The molecule has 4 rings (SSSR count). The molecule has 6 nitrogen and oxygen atoms in total. The molecule has 2 aromatic heterocycles. The van der Waals surface area contributed by atoms with E-state index in [1.165, 1.54) is 5.56 Å². The smallest absolute Gasteiger partial charge is 0.224 e. The molecule has 1 aliphatic rings. The van der Waals surface area contributed by atoms with E-state index in [0.29, 0.717) is 5.56 Å². The minimum Gasteiger partial charge on any atom is -0.224 e. The van der Waals surface area contributed by atoms with Crippen molar-refractivity contribution in [1.82, 2.24) is 19.7 Å². The van der Waals surface area contributed by atoms with Crippen molar-refractivity contribution in [3.05, 3.63) is 53.5 Å². The number of fused-ring (bicyclic) bond motifs is 1. The quantitative estimate of drug-likeness (QED) is 0.644. The van der Waals surface area contributed by atoms with Crippen LogP contribution in [0.2, 0.25) is 0 Å². The van der Waals surface area contributed by atoms with Gasteiger partial charge in [0.15, 0.2) is 15.5 Å². The molecule has 0 atom stereocenters. The summed E-state index contributed by atoms with van der Waals surface area (Å²) >= 11 is 0. The summed E-state index contributed by atoms with van der Waals surface area (Å²) in [6, 6.07) is 6.54. The van der Waals surface area contributed by atoms with E-state index in [-0.39, 0.29) is 16.5 Å². The first-order chi connectivity index (χ1) is 13.6. The summed E-state index contributed by atoms with van der Waals surface area (Å²) in [5.41, 5.74) is 2.02. The summed E-state index contributed by atoms with van der Waals surface area (Å²) in [6.45, 7) is 0. The predicted molar refractivity (Wildman–Crippen MR) is 99.3 cm³/mol. The van der Waals surface area contributed by atoms with Gasteiger partial charge in [-0.3, -0.25) is 0 Å². The average Bonchev–Trinajstić information content (AvgIpc) is 3.13. The highest BCUT2D eigenvalue weighted by molar-refractivity contribution is 7.90. The highest BCUT2D eigenvalue weighted by Crippen LogP contribution is 2.34. The maximum absolute atomic E-state index is 13.3. The van der Waals surface area contributed by atoms with Crippen LogP contribution >= 0.6 is 0 Å². The fourth-order valence-electron chi connectivity index (χ4n) is 3.38. The third-order valence-electron chi connectivity index (χ3n) is 4.88. The molecule has 0 radical (unpaired) electrons. The number of alkyl halides is 3. The van der Waals surface area contributed by atoms with Gasteiger partial charge in [0.2, 0.25) is 0 Å². The van der Waals surface area contributed by atoms with Gasteiger partial charge in [0, 0.05) is 11.8 Å². The molecule has 0 aliphatic heterocycles. The topological polar surface area (TPSA) is 77.7 Å². The summed E-state index contributed by atoms with van der Waals surface area (Å²) in [7, 11) is -3.53. The third-order valence-corrected chi connectivity index (χ3v) is 5.94. The van der Waals surface area contributed by atoms with Crippen LogP contribution in [0.1, 0.15) is 29.7 Å². The van der Waals surface area contributed by atoms with Gasteiger partial charge in [-0.25, -0.2) is 18.4 Å². The van der Waals surface area contributed by atoms with E-state index in [9.17, 15) is 21.6 Å². The Bertz CT molecular complexity index is 1170. The first kappa shape index (κ1) is 19.6. The molecule has 3 aromatic rings. The zero-order chi connectivity index (χ0) is 20.8. The van der Waals surface area contributed by atoms with Gasteiger partial charge < -0.3 is 0 Å². The molecule has 2 heterocycles. The Balaban J connectivity index is 1.85. The Morgan fingerprint density at radius 1 is 1.00 bits per heavy atom. The molecule has 0 bridgehead atoms. The first-order valence-corrected chi connectivity index (χ1v) is 10.8. The first-order valence-electron chi connectivity index (χ1n) is 8.95. The number of aryl methyl sites for hydroxylation is 2. The second kappa shape index (κ2) is 6.94. The van der Waals surface area contributed by atoms with Gasteiger partial charge in [-0.05, 0) is 48.9 Å². The lowest BCUT2D eigenvalue weighted by atomic mass is 9.90. The lowest BCUT2D eigenvalue weighted by Gasteiger charge is -2.16. The molecule has 0 N–H and O–H groups in total. The van der Waals surface area contributed by atoms with Crippen LogP contribution in [-0.2, 0) is 28.9 Å². The van der Waals surface area contributed by atoms with Gasteiger partial charge in [-0.1, -0.05) is 12.1 Å². The molecule has 1 aliphatic carbocycles. The van der Waals surface area contributed by atoms with Crippen molar-refractivity contribution in [3.63, 3.8) is 0 Å². The van der Waals surface area contributed by atoms with E-state index in [4.69, 9.17) is 0 Å². The van der Waals surface area contributed by atoms with Crippen molar-refractivity contribution in [2.75, 3.05) is 6.26 Å². The minimum atomic E-state index is -4.64. The fourth-order valence-corrected chi connectivity index (χ4v) is 3.87. The highest BCUT2D eigenvalue weighted by Gasteiger charge is 2.35. The molecular weight excluding hydrogens is 405 g/mol. The Labute approximate surface area is 165 Å². The number of sulfone groups is 1. The summed E-state index contributed by atoms with van der Waals surface area (Å²) in [6.07, 6.45) is 2.46. The highest BCUT2D eigenvalue weighted by atomic mass is 32.2. The SMILES string of the molecule is CS(=O)(=O)c1cnc(-n2nc(C(F)(F)F)cc2-c2ccc3c(c2)CCCC3)nc1. The molecule has 0 saturated heterocycles. The van der Waals surface area contributed by atoms with Gasteiger partial charge in [-0.15, -0.1) is 0 Å². The molecule has 1 aromatic carbocycles. The van der Waals surface area contributed by atoms with Gasteiger partial charge >= 0.3 is 6.18 Å². The molecule has 29 heavy (non-hydrogen) atoms. The van der Waals surface area contributed by atoms with Gasteiger partial charge in [0.1, 0.15) is 4.90 Å². The van der Waals surface area contributed by atoms with Crippen LogP contribution in [0.5, 0.6) is 0 Å². The summed E-state index contributed by atoms with van der Waals surface area (Å²) in [5.74, 6) is -0.138. The predicted octanol–water partition coefficient (Wildman–Crippen LogP) is 3.63. The Morgan fingerprint density at radius 2 is 1.66 bits per heavy atom. The van der Waals surface area contributed by atoms with Gasteiger partial charge in [-0.2, -0.15) is 23.0 Å². The summed E-state index contributed by atoms with van der Waals surface area (Å²) in [4.78, 5) is 7.73. The van der Waals surface area contributed by atoms with Gasteiger partial charge in [0.05, 0.1) is 18.1 Å². The lowest BCUT2D eigenvalue weighted by Crippen LogP contribution is -2.10. The van der Waals surface area contributed by atoms with Crippen LogP contribution in [0.25, 0.3) is 17.2 Å². The molecule has 0 spiro atoms. The van der Waals surface area contributed by atoms with Crippen LogP contribution in [-0.4, -0.2) is 34.4 Å². The zero-order valence-corrected chi connectivity index (χ0v) is 16.3. The third kappa shape index (κ3) is 3.89.